The van der Waals surface area contributed by atoms with Crippen molar-refractivity contribution >= 4 is 5.91 Å². The van der Waals surface area contributed by atoms with Crippen molar-refractivity contribution in [3.05, 3.63) is 41.6 Å². The zero-order chi connectivity index (χ0) is 19.7. The molecular weight excluding hydrogens is 359 g/mol. The molecule has 2 aliphatic rings. The van der Waals surface area contributed by atoms with E-state index >= 15 is 0 Å². The van der Waals surface area contributed by atoms with Crippen LogP contribution in [0.4, 0.5) is 4.39 Å². The lowest BCUT2D eigenvalue weighted by Crippen LogP contribution is -2.51. The maximum Gasteiger partial charge on any atom is 0.221 e. The van der Waals surface area contributed by atoms with Gasteiger partial charge in [-0.2, -0.15) is 0 Å². The number of ether oxygens (including phenoxy) is 1. The maximum atomic E-state index is 14.5. The van der Waals surface area contributed by atoms with Gasteiger partial charge in [0, 0.05) is 29.8 Å². The van der Waals surface area contributed by atoms with Crippen LogP contribution in [0.2, 0.25) is 0 Å². The van der Waals surface area contributed by atoms with Crippen molar-refractivity contribution < 1.29 is 13.9 Å². The van der Waals surface area contributed by atoms with Gasteiger partial charge in [0.25, 0.3) is 0 Å². The van der Waals surface area contributed by atoms with Crippen LogP contribution in [-0.2, 0) is 4.79 Å². The molecule has 2 aliphatic heterocycles. The van der Waals surface area contributed by atoms with E-state index in [9.17, 15) is 9.18 Å². The predicted molar refractivity (Wildman–Crippen MR) is 103 cm³/mol. The number of aromatic nitrogens is 2. The van der Waals surface area contributed by atoms with E-state index in [1.165, 1.54) is 6.07 Å². The molecule has 7 heteroatoms. The number of nitrogens with zero attached hydrogens (tertiary/aromatic N) is 2. The zero-order valence-corrected chi connectivity index (χ0v) is 16.2. The first-order valence-corrected chi connectivity index (χ1v) is 9.81. The van der Waals surface area contributed by atoms with Crippen LogP contribution in [0.1, 0.15) is 50.2 Å². The van der Waals surface area contributed by atoms with Crippen molar-refractivity contribution in [1.82, 2.24) is 20.6 Å². The lowest BCUT2D eigenvalue weighted by atomic mass is 9.87. The molecule has 2 atom stereocenters. The molecule has 6 nitrogen and oxygen atoms in total. The molecule has 2 fully saturated rings. The summed E-state index contributed by atoms with van der Waals surface area (Å²) in [5.41, 5.74) is 1.55. The van der Waals surface area contributed by atoms with Gasteiger partial charge in [-0.3, -0.25) is 4.79 Å². The second-order valence-corrected chi connectivity index (χ2v) is 7.62. The fraction of sp³-hybridized carbons (Fsp3) is 0.476. The molecule has 2 N–H and O–H groups in total. The average molecular weight is 384 g/mol. The van der Waals surface area contributed by atoms with E-state index in [0.717, 1.165) is 25.0 Å². The van der Waals surface area contributed by atoms with Crippen molar-refractivity contribution in [1.29, 1.82) is 0 Å². The third kappa shape index (κ3) is 3.71. The van der Waals surface area contributed by atoms with E-state index in [2.05, 4.69) is 20.6 Å². The third-order valence-electron chi connectivity index (χ3n) is 5.52. The zero-order valence-electron chi connectivity index (χ0n) is 16.2. The number of piperidine rings is 1. The lowest BCUT2D eigenvalue weighted by Gasteiger charge is -2.34. The number of hydrogen-bond acceptors (Lipinski definition) is 5. The topological polar surface area (TPSA) is 76.1 Å². The third-order valence-corrected chi connectivity index (χ3v) is 5.52. The van der Waals surface area contributed by atoms with Gasteiger partial charge < -0.3 is 15.4 Å². The second-order valence-electron chi connectivity index (χ2n) is 7.62. The summed E-state index contributed by atoms with van der Waals surface area (Å²) < 4.78 is 20.0. The number of nitrogens with one attached hydrogen (secondary N) is 2. The SMILES string of the molecule is CCOc1ccc(F)c(-c2cc(C)nc([C@@H]3CCC4(CCNC(=O)C4)N3)n2)c1. The monoisotopic (exact) mass is 384 g/mol. The Hall–Kier alpha value is -2.54. The van der Waals surface area contributed by atoms with Crippen LogP contribution in [0.5, 0.6) is 5.75 Å². The van der Waals surface area contributed by atoms with Crippen LogP contribution in [0.15, 0.2) is 24.3 Å². The molecule has 1 aromatic heterocycles. The van der Waals surface area contributed by atoms with E-state index in [0.29, 0.717) is 42.4 Å². The van der Waals surface area contributed by atoms with Gasteiger partial charge in [-0.1, -0.05) is 0 Å². The molecule has 1 spiro atoms. The number of rotatable bonds is 4. The van der Waals surface area contributed by atoms with Gasteiger partial charge >= 0.3 is 0 Å². The second kappa shape index (κ2) is 7.47. The molecule has 0 aliphatic carbocycles. The van der Waals surface area contributed by atoms with Crippen LogP contribution < -0.4 is 15.4 Å². The van der Waals surface area contributed by atoms with E-state index in [1.807, 2.05) is 13.8 Å². The molecule has 4 rings (SSSR count). The molecule has 0 radical (unpaired) electrons. The molecule has 0 bridgehead atoms. The summed E-state index contributed by atoms with van der Waals surface area (Å²) in [5.74, 6) is 1.01. The van der Waals surface area contributed by atoms with E-state index in [-0.39, 0.29) is 23.3 Å². The largest absolute Gasteiger partial charge is 0.494 e. The predicted octanol–water partition coefficient (Wildman–Crippen LogP) is 3.06. The first-order valence-electron chi connectivity index (χ1n) is 9.81. The van der Waals surface area contributed by atoms with Crippen LogP contribution in [-0.4, -0.2) is 34.6 Å². The van der Waals surface area contributed by atoms with E-state index in [1.54, 1.807) is 18.2 Å². The number of aryl methyl sites for hydroxylation is 1. The Morgan fingerprint density at radius 3 is 2.93 bits per heavy atom. The van der Waals surface area contributed by atoms with Crippen LogP contribution in [0.25, 0.3) is 11.3 Å². The minimum atomic E-state index is -0.340. The Morgan fingerprint density at radius 2 is 2.14 bits per heavy atom. The number of carbonyl (C=O) groups is 1. The summed E-state index contributed by atoms with van der Waals surface area (Å²) in [7, 11) is 0. The van der Waals surface area contributed by atoms with Gasteiger partial charge in [-0.15, -0.1) is 0 Å². The molecule has 0 saturated carbocycles. The minimum absolute atomic E-state index is 0.0392. The summed E-state index contributed by atoms with van der Waals surface area (Å²) in [6.07, 6.45) is 3.15. The Bertz CT molecular complexity index is 904. The van der Waals surface area contributed by atoms with Crippen molar-refractivity contribution in [2.75, 3.05) is 13.2 Å². The molecule has 3 heterocycles. The van der Waals surface area contributed by atoms with Gasteiger partial charge in [-0.05, 0) is 57.4 Å². The quantitative estimate of drug-likeness (QED) is 0.847. The number of halogens is 1. The van der Waals surface area contributed by atoms with Gasteiger partial charge in [0.15, 0.2) is 0 Å². The van der Waals surface area contributed by atoms with Gasteiger partial charge in [0.1, 0.15) is 17.4 Å². The average Bonchev–Trinajstić information content (AvgIpc) is 3.06. The highest BCUT2D eigenvalue weighted by atomic mass is 19.1. The molecule has 1 aromatic carbocycles. The smallest absolute Gasteiger partial charge is 0.221 e. The van der Waals surface area contributed by atoms with Gasteiger partial charge in [0.05, 0.1) is 18.3 Å². The van der Waals surface area contributed by atoms with Crippen LogP contribution in [0.3, 0.4) is 0 Å². The first-order chi connectivity index (χ1) is 13.5. The molecule has 1 unspecified atom stereocenters. The molecule has 148 valence electrons. The number of amides is 1. The molecule has 2 saturated heterocycles. The number of hydrogen-bond donors (Lipinski definition) is 2. The lowest BCUT2D eigenvalue weighted by molar-refractivity contribution is -0.124. The highest BCUT2D eigenvalue weighted by molar-refractivity contribution is 5.78. The Balaban J connectivity index is 1.64. The summed E-state index contributed by atoms with van der Waals surface area (Å²) in [5, 5.41) is 6.49. The molecular formula is C21H25FN4O2. The van der Waals surface area contributed by atoms with Crippen molar-refractivity contribution in [2.45, 2.75) is 51.1 Å². The van der Waals surface area contributed by atoms with E-state index < -0.39 is 0 Å². The Labute approximate surface area is 163 Å². The molecule has 2 aromatic rings. The summed E-state index contributed by atoms with van der Waals surface area (Å²) in [6.45, 7) is 4.98. The molecule has 28 heavy (non-hydrogen) atoms. The minimum Gasteiger partial charge on any atom is -0.494 e. The Morgan fingerprint density at radius 1 is 1.29 bits per heavy atom. The fourth-order valence-corrected chi connectivity index (χ4v) is 4.21. The standard InChI is InChI=1S/C21H25FN4O2/c1-3-28-14-4-5-16(22)15(11-14)18-10-13(2)24-20(25-18)17-6-7-21(26-17)8-9-23-19(27)12-21/h4-5,10-11,17,26H,3,6-9,12H2,1-2H3,(H,23,27)/t17-,21?/m0/s1. The summed E-state index contributed by atoms with van der Waals surface area (Å²) >= 11 is 0. The Kier molecular flexibility index (Phi) is 5.02. The number of benzene rings is 1. The number of carbonyl (C=O) groups excluding carboxylic acids is 1. The molecule has 1 amide bonds. The van der Waals surface area contributed by atoms with Gasteiger partial charge in [0.2, 0.25) is 5.91 Å². The van der Waals surface area contributed by atoms with Gasteiger partial charge in [-0.25, -0.2) is 14.4 Å². The summed E-state index contributed by atoms with van der Waals surface area (Å²) in [4.78, 5) is 21.1. The van der Waals surface area contributed by atoms with Crippen LogP contribution >= 0.6 is 0 Å². The van der Waals surface area contributed by atoms with Crippen molar-refractivity contribution in [3.63, 3.8) is 0 Å². The van der Waals surface area contributed by atoms with Crippen LogP contribution in [0, 0.1) is 12.7 Å². The van der Waals surface area contributed by atoms with Crippen molar-refractivity contribution in [3.8, 4) is 17.0 Å². The van der Waals surface area contributed by atoms with E-state index in [4.69, 9.17) is 4.74 Å². The first kappa shape index (κ1) is 18.8. The summed E-state index contributed by atoms with van der Waals surface area (Å²) in [6, 6.07) is 6.45. The maximum absolute atomic E-state index is 14.5. The highest BCUT2D eigenvalue weighted by Gasteiger charge is 2.43. The fourth-order valence-electron chi connectivity index (χ4n) is 4.21. The van der Waals surface area contributed by atoms with Crippen molar-refractivity contribution in [2.24, 2.45) is 0 Å². The normalized spacial score (nSPS) is 24.4. The highest BCUT2D eigenvalue weighted by Crippen LogP contribution is 2.38.